The van der Waals surface area contributed by atoms with E-state index in [0.717, 1.165) is 12.8 Å². The van der Waals surface area contributed by atoms with E-state index in [9.17, 15) is 9.18 Å². The highest BCUT2D eigenvalue weighted by Gasteiger charge is 2.00. The van der Waals surface area contributed by atoms with Gasteiger partial charge in [0.2, 0.25) is 0 Å². The summed E-state index contributed by atoms with van der Waals surface area (Å²) in [5, 5.41) is 0. The monoisotopic (exact) mass is 136 g/mol. The van der Waals surface area contributed by atoms with E-state index in [0.29, 0.717) is 12.7 Å². The lowest BCUT2D eigenvalue weighted by Gasteiger charge is -1.94. The highest BCUT2D eigenvalue weighted by molar-refractivity contribution is 5.55. The van der Waals surface area contributed by atoms with Gasteiger partial charge < -0.3 is 10.3 Å². The average Bonchev–Trinajstić information content (AvgIpc) is 1.83. The predicted molar refractivity (Wildman–Crippen MR) is 34.1 cm³/mol. The molecule has 2 nitrogen and oxygen atoms in total. The molecule has 0 rings (SSSR count). The van der Waals surface area contributed by atoms with Gasteiger partial charge >= 0.3 is 0 Å². The smallest absolute Gasteiger partial charge is 0.155 e. The fraction of sp³-hybridized carbons (Fsp3) is 0.833. The van der Waals surface area contributed by atoms with Gasteiger partial charge in [-0.3, -0.25) is 0 Å². The lowest BCUT2D eigenvalue weighted by atomic mass is 10.2. The number of carbonyl (C=O) groups excluding carboxylic acids is 1. The molecule has 0 spiro atoms. The van der Waals surface area contributed by atoms with Gasteiger partial charge in [-0.1, -0.05) is 19.8 Å². The molecule has 1 atom stereocenters. The first-order valence-electron chi connectivity index (χ1n) is 2.90. The predicted octanol–water partition coefficient (Wildman–Crippen LogP) is 0.889. The van der Waals surface area contributed by atoms with E-state index >= 15 is 0 Å². The Balaban J connectivity index is 0. The quantitative estimate of drug-likeness (QED) is 0.529. The molecule has 2 N–H and O–H groups in total. The van der Waals surface area contributed by atoms with Gasteiger partial charge in [0.25, 0.3) is 0 Å². The van der Waals surface area contributed by atoms with E-state index in [4.69, 9.17) is 0 Å². The Morgan fingerprint density at radius 2 is 2.22 bits per heavy atom. The minimum atomic E-state index is -1.23. The highest BCUT2D eigenvalue weighted by atomic mass is 19.1. The summed E-state index contributed by atoms with van der Waals surface area (Å²) in [4.78, 5) is 9.64. The first-order valence-corrected chi connectivity index (χ1v) is 2.90. The molecule has 0 fully saturated rings. The minimum absolute atomic E-state index is 0. The van der Waals surface area contributed by atoms with Crippen LogP contribution in [0.25, 0.3) is 0 Å². The second-order valence-electron chi connectivity index (χ2n) is 1.79. The van der Waals surface area contributed by atoms with Crippen LogP contribution in [-0.4, -0.2) is 17.9 Å². The lowest BCUT2D eigenvalue weighted by molar-refractivity contribution is -0.112. The molecule has 0 saturated heterocycles. The highest BCUT2D eigenvalue weighted by Crippen LogP contribution is 2.00. The van der Waals surface area contributed by atoms with Crippen molar-refractivity contribution in [2.45, 2.75) is 32.4 Å². The maximum absolute atomic E-state index is 12.0. The van der Waals surface area contributed by atoms with Gasteiger partial charge in [-0.2, -0.15) is 0 Å². The Kier molecular flexibility index (Phi) is 9.55. The maximum Gasteiger partial charge on any atom is 0.155 e. The van der Waals surface area contributed by atoms with Crippen LogP contribution in [-0.2, 0) is 4.79 Å². The minimum Gasteiger partial charge on any atom is -0.412 e. The maximum atomic E-state index is 12.0. The third kappa shape index (κ3) is 7.56. The Bertz CT molecular complexity index is 66.1. The fourth-order valence-electron chi connectivity index (χ4n) is 0.467. The Labute approximate surface area is 54.4 Å². The van der Waals surface area contributed by atoms with Crippen LogP contribution in [0, 0.1) is 0 Å². The van der Waals surface area contributed by atoms with E-state index in [2.05, 4.69) is 0 Å². The molecule has 0 radical (unpaired) electrons. The van der Waals surface area contributed by atoms with E-state index in [1.165, 1.54) is 0 Å². The zero-order valence-electron chi connectivity index (χ0n) is 5.56. The largest absolute Gasteiger partial charge is 0.412 e. The third-order valence-electron chi connectivity index (χ3n) is 0.981. The summed E-state index contributed by atoms with van der Waals surface area (Å²) in [6.45, 7) is 1.97. The van der Waals surface area contributed by atoms with Crippen molar-refractivity contribution in [1.29, 1.82) is 0 Å². The van der Waals surface area contributed by atoms with Crippen molar-refractivity contribution in [1.82, 2.24) is 0 Å². The molecule has 9 heavy (non-hydrogen) atoms. The molecule has 1 unspecified atom stereocenters. The molecule has 3 heteroatoms. The van der Waals surface area contributed by atoms with Crippen molar-refractivity contribution in [3.63, 3.8) is 0 Å². The SMILES string of the molecule is CCCCC(F)C=O.O. The van der Waals surface area contributed by atoms with Gasteiger partial charge in [-0.05, 0) is 6.42 Å². The molecule has 0 aliphatic rings. The standard InChI is InChI=1S/C6H11FO.H2O/c1-2-3-4-6(7)5-8;/h5-6H,2-4H2,1H3;1H2. The van der Waals surface area contributed by atoms with Crippen LogP contribution >= 0.6 is 0 Å². The van der Waals surface area contributed by atoms with Crippen LogP contribution in [0.3, 0.4) is 0 Å². The molecule has 0 aliphatic carbocycles. The summed E-state index contributed by atoms with van der Waals surface area (Å²) < 4.78 is 12.0. The van der Waals surface area contributed by atoms with Crippen LogP contribution in [0.2, 0.25) is 0 Å². The third-order valence-corrected chi connectivity index (χ3v) is 0.981. The van der Waals surface area contributed by atoms with E-state index in [1.54, 1.807) is 0 Å². The van der Waals surface area contributed by atoms with Gasteiger partial charge in [0.05, 0.1) is 0 Å². The Morgan fingerprint density at radius 3 is 2.56 bits per heavy atom. The number of alkyl halides is 1. The molecule has 0 heterocycles. The summed E-state index contributed by atoms with van der Waals surface area (Å²) in [6, 6.07) is 0. The molecule has 0 bridgehead atoms. The zero-order valence-corrected chi connectivity index (χ0v) is 5.56. The van der Waals surface area contributed by atoms with Crippen molar-refractivity contribution in [2.24, 2.45) is 0 Å². The van der Waals surface area contributed by atoms with Gasteiger partial charge in [0, 0.05) is 0 Å². The number of carbonyl (C=O) groups is 1. The topological polar surface area (TPSA) is 48.6 Å². The molecular weight excluding hydrogens is 123 g/mol. The van der Waals surface area contributed by atoms with E-state index < -0.39 is 6.17 Å². The summed E-state index contributed by atoms with van der Waals surface area (Å²) >= 11 is 0. The van der Waals surface area contributed by atoms with Crippen molar-refractivity contribution < 1.29 is 14.7 Å². The number of hydrogen-bond donors (Lipinski definition) is 0. The van der Waals surface area contributed by atoms with Crippen LogP contribution in [0.4, 0.5) is 4.39 Å². The van der Waals surface area contributed by atoms with Gasteiger partial charge in [-0.25, -0.2) is 4.39 Å². The Morgan fingerprint density at radius 1 is 1.67 bits per heavy atom. The molecule has 0 aromatic heterocycles. The van der Waals surface area contributed by atoms with Crippen LogP contribution in [0.5, 0.6) is 0 Å². The van der Waals surface area contributed by atoms with Gasteiger partial charge in [0.15, 0.2) is 12.5 Å². The van der Waals surface area contributed by atoms with Gasteiger partial charge in [0.1, 0.15) is 0 Å². The van der Waals surface area contributed by atoms with E-state index in [-0.39, 0.29) is 5.48 Å². The second-order valence-corrected chi connectivity index (χ2v) is 1.79. The van der Waals surface area contributed by atoms with Crippen molar-refractivity contribution >= 4 is 6.29 Å². The number of halogens is 1. The normalized spacial score (nSPS) is 11.8. The number of rotatable bonds is 4. The molecule has 0 amide bonds. The molecule has 0 saturated carbocycles. The molecule has 0 aromatic carbocycles. The number of aldehydes is 1. The van der Waals surface area contributed by atoms with Crippen LogP contribution in [0.1, 0.15) is 26.2 Å². The number of hydrogen-bond acceptors (Lipinski definition) is 1. The summed E-state index contributed by atoms with van der Waals surface area (Å²) in [5.74, 6) is 0. The summed E-state index contributed by atoms with van der Waals surface area (Å²) in [6.07, 6.45) is 1.28. The Hall–Kier alpha value is -0.440. The first-order chi connectivity index (χ1) is 3.81. The van der Waals surface area contributed by atoms with Crippen molar-refractivity contribution in [3.05, 3.63) is 0 Å². The van der Waals surface area contributed by atoms with Crippen LogP contribution < -0.4 is 0 Å². The molecule has 0 aliphatic heterocycles. The fourth-order valence-corrected chi connectivity index (χ4v) is 0.467. The van der Waals surface area contributed by atoms with Crippen molar-refractivity contribution in [2.75, 3.05) is 0 Å². The van der Waals surface area contributed by atoms with Crippen LogP contribution in [0.15, 0.2) is 0 Å². The molecular formula is C6H13FO2. The average molecular weight is 136 g/mol. The molecule has 0 aromatic rings. The second kappa shape index (κ2) is 7.56. The van der Waals surface area contributed by atoms with Gasteiger partial charge in [-0.15, -0.1) is 0 Å². The summed E-state index contributed by atoms with van der Waals surface area (Å²) in [5.41, 5.74) is 0. The zero-order chi connectivity index (χ0) is 6.41. The lowest BCUT2D eigenvalue weighted by Crippen LogP contribution is -1.99. The van der Waals surface area contributed by atoms with E-state index in [1.807, 2.05) is 6.92 Å². The molecule has 56 valence electrons. The number of unbranched alkanes of at least 4 members (excludes halogenated alkanes) is 1. The first kappa shape index (κ1) is 11.4. The van der Waals surface area contributed by atoms with Crippen molar-refractivity contribution in [3.8, 4) is 0 Å². The summed E-state index contributed by atoms with van der Waals surface area (Å²) in [7, 11) is 0.